The summed E-state index contributed by atoms with van der Waals surface area (Å²) in [4.78, 5) is 21.9. The molecule has 0 atom stereocenters. The summed E-state index contributed by atoms with van der Waals surface area (Å²) < 4.78 is 10.3. The van der Waals surface area contributed by atoms with Gasteiger partial charge in [0.15, 0.2) is 12.4 Å². The molecule has 0 unspecified atom stereocenters. The standard InChI is InChI=1S/C11H10O4/c1-7(12)5-14-8-2-3-9-10(13)6-15-11(9)4-8/h2-4H,5-6H2,1H3. The zero-order valence-corrected chi connectivity index (χ0v) is 8.28. The van der Waals surface area contributed by atoms with Crippen molar-refractivity contribution in [2.75, 3.05) is 13.2 Å². The molecule has 0 amide bonds. The van der Waals surface area contributed by atoms with E-state index in [4.69, 9.17) is 9.47 Å². The molecular weight excluding hydrogens is 196 g/mol. The minimum Gasteiger partial charge on any atom is -0.486 e. The Morgan fingerprint density at radius 1 is 1.53 bits per heavy atom. The van der Waals surface area contributed by atoms with Gasteiger partial charge < -0.3 is 9.47 Å². The minimum absolute atomic E-state index is 0.0249. The van der Waals surface area contributed by atoms with E-state index < -0.39 is 0 Å². The Bertz CT molecular complexity index is 423. The summed E-state index contributed by atoms with van der Waals surface area (Å²) in [6.07, 6.45) is 0. The average Bonchev–Trinajstić information content (AvgIpc) is 2.57. The molecule has 1 aliphatic heterocycles. The van der Waals surface area contributed by atoms with Crippen LogP contribution in [0.15, 0.2) is 18.2 Å². The molecule has 78 valence electrons. The quantitative estimate of drug-likeness (QED) is 0.746. The maximum absolute atomic E-state index is 11.2. The fourth-order valence-electron chi connectivity index (χ4n) is 1.35. The lowest BCUT2D eigenvalue weighted by Gasteiger charge is -2.04. The molecule has 4 heteroatoms. The zero-order chi connectivity index (χ0) is 10.8. The number of carbonyl (C=O) groups excluding carboxylic acids is 2. The minimum atomic E-state index is -0.0486. The van der Waals surface area contributed by atoms with Gasteiger partial charge in [0.1, 0.15) is 18.1 Å². The lowest BCUT2D eigenvalue weighted by atomic mass is 10.1. The number of carbonyl (C=O) groups is 2. The molecule has 0 saturated heterocycles. The van der Waals surface area contributed by atoms with Crippen molar-refractivity contribution in [1.29, 1.82) is 0 Å². The van der Waals surface area contributed by atoms with E-state index in [1.54, 1.807) is 18.2 Å². The fraction of sp³-hybridized carbons (Fsp3) is 0.273. The lowest BCUT2D eigenvalue weighted by Crippen LogP contribution is -2.06. The molecule has 0 aromatic heterocycles. The van der Waals surface area contributed by atoms with Gasteiger partial charge in [0.2, 0.25) is 5.78 Å². The first-order chi connectivity index (χ1) is 7.16. The molecule has 4 nitrogen and oxygen atoms in total. The van der Waals surface area contributed by atoms with Crippen LogP contribution in [0, 0.1) is 0 Å². The predicted octanol–water partition coefficient (Wildman–Crippen LogP) is 1.23. The van der Waals surface area contributed by atoms with Gasteiger partial charge in [-0.3, -0.25) is 9.59 Å². The zero-order valence-electron chi connectivity index (χ0n) is 8.28. The molecule has 0 N–H and O–H groups in total. The SMILES string of the molecule is CC(=O)COc1ccc2c(c1)OCC2=O. The van der Waals surface area contributed by atoms with Crippen molar-refractivity contribution in [1.82, 2.24) is 0 Å². The lowest BCUT2D eigenvalue weighted by molar-refractivity contribution is -0.118. The van der Waals surface area contributed by atoms with Crippen LogP contribution in [0.1, 0.15) is 17.3 Å². The van der Waals surface area contributed by atoms with Crippen molar-refractivity contribution >= 4 is 11.6 Å². The van der Waals surface area contributed by atoms with Gasteiger partial charge >= 0.3 is 0 Å². The first-order valence-corrected chi connectivity index (χ1v) is 4.59. The Morgan fingerprint density at radius 2 is 2.33 bits per heavy atom. The highest BCUT2D eigenvalue weighted by atomic mass is 16.5. The van der Waals surface area contributed by atoms with Gasteiger partial charge in [-0.25, -0.2) is 0 Å². The van der Waals surface area contributed by atoms with E-state index in [-0.39, 0.29) is 24.8 Å². The summed E-state index contributed by atoms with van der Waals surface area (Å²) in [5, 5.41) is 0. The number of ketones is 2. The Morgan fingerprint density at radius 3 is 3.07 bits per heavy atom. The predicted molar refractivity (Wildman–Crippen MR) is 52.4 cm³/mol. The number of Topliss-reactive ketones (excluding diaryl/α,β-unsaturated/α-hetero) is 2. The van der Waals surface area contributed by atoms with E-state index in [0.29, 0.717) is 17.1 Å². The van der Waals surface area contributed by atoms with Crippen LogP contribution in [0.2, 0.25) is 0 Å². The molecule has 0 bridgehead atoms. The average molecular weight is 206 g/mol. The summed E-state index contributed by atoms with van der Waals surface area (Å²) in [7, 11) is 0. The summed E-state index contributed by atoms with van der Waals surface area (Å²) >= 11 is 0. The van der Waals surface area contributed by atoms with Gasteiger partial charge in [-0.2, -0.15) is 0 Å². The molecule has 0 radical (unpaired) electrons. The normalized spacial score (nSPS) is 13.3. The Kier molecular flexibility index (Phi) is 2.41. The number of hydrogen-bond donors (Lipinski definition) is 0. The van der Waals surface area contributed by atoms with Gasteiger partial charge in [-0.1, -0.05) is 0 Å². The molecule has 0 aliphatic carbocycles. The van der Waals surface area contributed by atoms with E-state index in [9.17, 15) is 9.59 Å². The Hall–Kier alpha value is -1.84. The Labute approximate surface area is 86.8 Å². The van der Waals surface area contributed by atoms with Crippen LogP contribution in [0.25, 0.3) is 0 Å². The molecule has 0 saturated carbocycles. The van der Waals surface area contributed by atoms with E-state index in [1.807, 2.05) is 0 Å². The van der Waals surface area contributed by atoms with Crippen LogP contribution in [0.4, 0.5) is 0 Å². The van der Waals surface area contributed by atoms with Gasteiger partial charge in [-0.05, 0) is 19.1 Å². The van der Waals surface area contributed by atoms with Crippen LogP contribution in [-0.4, -0.2) is 24.8 Å². The van der Waals surface area contributed by atoms with E-state index in [1.165, 1.54) is 6.92 Å². The number of benzene rings is 1. The smallest absolute Gasteiger partial charge is 0.203 e. The van der Waals surface area contributed by atoms with Gasteiger partial charge in [0.05, 0.1) is 5.56 Å². The van der Waals surface area contributed by atoms with Crippen molar-refractivity contribution in [3.8, 4) is 11.5 Å². The summed E-state index contributed by atoms with van der Waals surface area (Å²) in [5.41, 5.74) is 0.574. The van der Waals surface area contributed by atoms with Gasteiger partial charge in [0, 0.05) is 6.07 Å². The van der Waals surface area contributed by atoms with Crippen LogP contribution < -0.4 is 9.47 Å². The topological polar surface area (TPSA) is 52.6 Å². The van der Waals surface area contributed by atoms with Crippen LogP contribution in [0.5, 0.6) is 11.5 Å². The maximum atomic E-state index is 11.2. The first kappa shape index (κ1) is 9.71. The maximum Gasteiger partial charge on any atom is 0.203 e. The molecule has 0 spiro atoms. The molecule has 15 heavy (non-hydrogen) atoms. The molecule has 1 aromatic carbocycles. The van der Waals surface area contributed by atoms with Gasteiger partial charge in [-0.15, -0.1) is 0 Å². The number of rotatable bonds is 3. The third-order valence-electron chi connectivity index (χ3n) is 2.05. The third-order valence-corrected chi connectivity index (χ3v) is 2.05. The van der Waals surface area contributed by atoms with Crippen molar-refractivity contribution in [2.45, 2.75) is 6.92 Å². The molecule has 1 heterocycles. The van der Waals surface area contributed by atoms with Crippen molar-refractivity contribution < 1.29 is 19.1 Å². The number of ether oxygens (including phenoxy) is 2. The largest absolute Gasteiger partial charge is 0.486 e. The van der Waals surface area contributed by atoms with Crippen molar-refractivity contribution in [3.63, 3.8) is 0 Å². The van der Waals surface area contributed by atoms with Crippen LogP contribution in [0.3, 0.4) is 0 Å². The second-order valence-corrected chi connectivity index (χ2v) is 3.36. The van der Waals surface area contributed by atoms with Crippen LogP contribution >= 0.6 is 0 Å². The highest BCUT2D eigenvalue weighted by Gasteiger charge is 2.21. The first-order valence-electron chi connectivity index (χ1n) is 4.59. The molecule has 1 aromatic rings. The van der Waals surface area contributed by atoms with E-state index in [2.05, 4.69) is 0 Å². The van der Waals surface area contributed by atoms with E-state index in [0.717, 1.165) is 0 Å². The molecule has 0 fully saturated rings. The van der Waals surface area contributed by atoms with Crippen LogP contribution in [-0.2, 0) is 4.79 Å². The van der Waals surface area contributed by atoms with Crippen molar-refractivity contribution in [2.24, 2.45) is 0 Å². The fourth-order valence-corrected chi connectivity index (χ4v) is 1.35. The Balaban J connectivity index is 2.16. The highest BCUT2D eigenvalue weighted by molar-refractivity contribution is 6.02. The molecule has 2 rings (SSSR count). The molecular formula is C11H10O4. The third kappa shape index (κ3) is 1.98. The van der Waals surface area contributed by atoms with Crippen molar-refractivity contribution in [3.05, 3.63) is 23.8 Å². The second kappa shape index (κ2) is 3.73. The number of hydrogen-bond acceptors (Lipinski definition) is 4. The highest BCUT2D eigenvalue weighted by Crippen LogP contribution is 2.29. The monoisotopic (exact) mass is 206 g/mol. The summed E-state index contributed by atoms with van der Waals surface area (Å²) in [5.74, 6) is 0.996. The summed E-state index contributed by atoms with van der Waals surface area (Å²) in [6.45, 7) is 1.58. The number of fused-ring (bicyclic) bond motifs is 1. The molecule has 1 aliphatic rings. The van der Waals surface area contributed by atoms with E-state index >= 15 is 0 Å². The summed E-state index contributed by atoms with van der Waals surface area (Å²) in [6, 6.07) is 4.94. The second-order valence-electron chi connectivity index (χ2n) is 3.36. The van der Waals surface area contributed by atoms with Gasteiger partial charge in [0.25, 0.3) is 0 Å².